The Morgan fingerprint density at radius 2 is 2.18 bits per heavy atom. The van der Waals surface area contributed by atoms with Crippen molar-refractivity contribution < 1.29 is 4.79 Å². The van der Waals surface area contributed by atoms with Crippen LogP contribution in [0.5, 0.6) is 0 Å². The molecule has 0 radical (unpaired) electrons. The molecule has 1 aromatic heterocycles. The van der Waals surface area contributed by atoms with Crippen molar-refractivity contribution in [1.29, 1.82) is 5.26 Å². The Labute approximate surface area is 132 Å². The minimum absolute atomic E-state index is 0.107. The van der Waals surface area contributed by atoms with Gasteiger partial charge >= 0.3 is 0 Å². The highest BCUT2D eigenvalue weighted by atomic mass is 16.1. The van der Waals surface area contributed by atoms with Crippen LogP contribution in [0.2, 0.25) is 0 Å². The van der Waals surface area contributed by atoms with Gasteiger partial charge in [-0.15, -0.1) is 6.58 Å². The zero-order valence-electron chi connectivity index (χ0n) is 13.6. The number of aromatic nitrogens is 2. The zero-order chi connectivity index (χ0) is 16.7. The van der Waals surface area contributed by atoms with Crippen molar-refractivity contribution in [3.05, 3.63) is 36.2 Å². The fourth-order valence-corrected chi connectivity index (χ4v) is 2.88. The number of nitrogens with zero attached hydrogens (tertiary/aromatic N) is 2. The molecular weight excluding hydrogens is 276 g/mol. The largest absolute Gasteiger partial charge is 0.344 e. The van der Waals surface area contributed by atoms with Crippen LogP contribution in [0.15, 0.2) is 30.6 Å². The van der Waals surface area contributed by atoms with Crippen molar-refractivity contribution in [3.63, 3.8) is 0 Å². The SMILES string of the molecule is C=CC(C#N)[C@@H](C(C)C)C(C)C(=CC)Nc1[nH]ncc1C=O. The van der Waals surface area contributed by atoms with Crippen LogP contribution in [0, 0.1) is 35.0 Å². The number of nitriles is 1. The minimum Gasteiger partial charge on any atom is -0.344 e. The lowest BCUT2D eigenvalue weighted by Crippen LogP contribution is -2.28. The maximum atomic E-state index is 11.0. The van der Waals surface area contributed by atoms with Crippen molar-refractivity contribution in [2.75, 3.05) is 5.32 Å². The van der Waals surface area contributed by atoms with E-state index in [0.717, 1.165) is 12.0 Å². The molecule has 1 rings (SSSR count). The van der Waals surface area contributed by atoms with Gasteiger partial charge in [0.25, 0.3) is 0 Å². The number of aromatic amines is 1. The van der Waals surface area contributed by atoms with Gasteiger partial charge in [-0.2, -0.15) is 10.4 Å². The summed E-state index contributed by atoms with van der Waals surface area (Å²) in [4.78, 5) is 11.0. The van der Waals surface area contributed by atoms with Crippen molar-refractivity contribution in [2.45, 2.75) is 27.7 Å². The number of hydrogen-bond acceptors (Lipinski definition) is 4. The topological polar surface area (TPSA) is 81.6 Å². The molecule has 1 aromatic rings. The molecule has 0 aliphatic heterocycles. The zero-order valence-corrected chi connectivity index (χ0v) is 13.6. The number of allylic oxidation sites excluding steroid dienone is 3. The third-order valence-electron chi connectivity index (χ3n) is 4.03. The van der Waals surface area contributed by atoms with Crippen LogP contribution in [0.4, 0.5) is 5.82 Å². The van der Waals surface area contributed by atoms with Gasteiger partial charge in [0.15, 0.2) is 6.29 Å². The van der Waals surface area contributed by atoms with Crippen LogP contribution in [-0.4, -0.2) is 16.5 Å². The van der Waals surface area contributed by atoms with Gasteiger partial charge in [0.1, 0.15) is 5.82 Å². The lowest BCUT2D eigenvalue weighted by molar-refractivity contribution is 0.112. The van der Waals surface area contributed by atoms with Gasteiger partial charge in [-0.3, -0.25) is 9.89 Å². The van der Waals surface area contributed by atoms with Gasteiger partial charge in [0.2, 0.25) is 0 Å². The predicted molar refractivity (Wildman–Crippen MR) is 88.1 cm³/mol. The molecule has 22 heavy (non-hydrogen) atoms. The van der Waals surface area contributed by atoms with E-state index >= 15 is 0 Å². The van der Waals surface area contributed by atoms with Gasteiger partial charge in [-0.05, 0) is 18.8 Å². The molecule has 0 aliphatic rings. The molecule has 118 valence electrons. The second kappa shape index (κ2) is 8.18. The number of anilines is 1. The van der Waals surface area contributed by atoms with Crippen LogP contribution < -0.4 is 5.32 Å². The van der Waals surface area contributed by atoms with Gasteiger partial charge in [0, 0.05) is 11.6 Å². The number of carbonyl (C=O) groups is 1. The summed E-state index contributed by atoms with van der Waals surface area (Å²) in [7, 11) is 0. The normalized spacial score (nSPS) is 15.7. The summed E-state index contributed by atoms with van der Waals surface area (Å²) in [6.07, 6.45) is 5.91. The third kappa shape index (κ3) is 3.85. The molecule has 0 amide bonds. The average Bonchev–Trinajstić information content (AvgIpc) is 2.96. The second-order valence-electron chi connectivity index (χ2n) is 5.69. The Hall–Kier alpha value is -2.35. The average molecular weight is 300 g/mol. The summed E-state index contributed by atoms with van der Waals surface area (Å²) in [5.74, 6) is 0.907. The van der Waals surface area contributed by atoms with Crippen LogP contribution in [0.1, 0.15) is 38.1 Å². The Morgan fingerprint density at radius 3 is 2.64 bits per heavy atom. The van der Waals surface area contributed by atoms with Crippen LogP contribution in [0.3, 0.4) is 0 Å². The Morgan fingerprint density at radius 1 is 1.50 bits per heavy atom. The van der Waals surface area contributed by atoms with E-state index in [0.29, 0.717) is 17.3 Å². The van der Waals surface area contributed by atoms with Gasteiger partial charge in [-0.1, -0.05) is 32.9 Å². The highest BCUT2D eigenvalue weighted by molar-refractivity contribution is 5.82. The molecule has 5 nitrogen and oxygen atoms in total. The number of hydrogen-bond donors (Lipinski definition) is 2. The fraction of sp³-hybridized carbons (Fsp3) is 0.471. The van der Waals surface area contributed by atoms with E-state index in [1.807, 2.05) is 13.0 Å². The molecule has 0 aromatic carbocycles. The van der Waals surface area contributed by atoms with Gasteiger partial charge < -0.3 is 5.32 Å². The monoisotopic (exact) mass is 300 g/mol. The molecular formula is C17H24N4O. The molecule has 1 heterocycles. The van der Waals surface area contributed by atoms with E-state index < -0.39 is 0 Å². The fourth-order valence-electron chi connectivity index (χ4n) is 2.88. The summed E-state index contributed by atoms with van der Waals surface area (Å²) >= 11 is 0. The van der Waals surface area contributed by atoms with Crippen LogP contribution >= 0.6 is 0 Å². The lowest BCUT2D eigenvalue weighted by Gasteiger charge is -2.32. The first-order valence-corrected chi connectivity index (χ1v) is 7.44. The van der Waals surface area contributed by atoms with E-state index in [2.05, 4.69) is 48.9 Å². The van der Waals surface area contributed by atoms with E-state index in [9.17, 15) is 10.1 Å². The maximum Gasteiger partial charge on any atom is 0.155 e. The number of aldehydes is 1. The quantitative estimate of drug-likeness (QED) is 0.565. The number of rotatable bonds is 8. The Kier molecular flexibility index (Phi) is 6.58. The molecule has 0 saturated heterocycles. The van der Waals surface area contributed by atoms with Crippen LogP contribution in [-0.2, 0) is 0 Å². The van der Waals surface area contributed by atoms with Crippen molar-refractivity contribution >= 4 is 12.1 Å². The number of nitrogens with one attached hydrogen (secondary N) is 2. The number of H-pyrrole nitrogens is 1. The molecule has 0 spiro atoms. The predicted octanol–water partition coefficient (Wildman–Crippen LogP) is 3.77. The highest BCUT2D eigenvalue weighted by Crippen LogP contribution is 2.34. The third-order valence-corrected chi connectivity index (χ3v) is 4.03. The molecule has 0 fully saturated rings. The first-order valence-electron chi connectivity index (χ1n) is 7.44. The first-order chi connectivity index (χ1) is 10.5. The molecule has 0 saturated carbocycles. The second-order valence-corrected chi connectivity index (χ2v) is 5.69. The maximum absolute atomic E-state index is 11.0. The van der Waals surface area contributed by atoms with E-state index in [-0.39, 0.29) is 17.8 Å². The van der Waals surface area contributed by atoms with Crippen molar-refractivity contribution in [3.8, 4) is 6.07 Å². The van der Waals surface area contributed by atoms with E-state index in [1.165, 1.54) is 6.20 Å². The first kappa shape index (κ1) is 17.7. The minimum atomic E-state index is -0.223. The molecule has 3 atom stereocenters. The summed E-state index contributed by atoms with van der Waals surface area (Å²) < 4.78 is 0. The van der Waals surface area contributed by atoms with Crippen molar-refractivity contribution in [1.82, 2.24) is 10.2 Å². The molecule has 2 N–H and O–H groups in total. The summed E-state index contributed by atoms with van der Waals surface area (Å²) in [6, 6.07) is 2.33. The Balaban J connectivity index is 3.05. The van der Waals surface area contributed by atoms with Gasteiger partial charge in [-0.25, -0.2) is 0 Å². The summed E-state index contributed by atoms with van der Waals surface area (Å²) in [6.45, 7) is 12.0. The molecule has 2 unspecified atom stereocenters. The van der Waals surface area contributed by atoms with E-state index in [1.54, 1.807) is 6.08 Å². The van der Waals surface area contributed by atoms with Crippen molar-refractivity contribution in [2.24, 2.45) is 23.7 Å². The van der Waals surface area contributed by atoms with E-state index in [4.69, 9.17) is 0 Å². The molecule has 0 bridgehead atoms. The molecule has 0 aliphatic carbocycles. The summed E-state index contributed by atoms with van der Waals surface area (Å²) in [5, 5.41) is 19.3. The van der Waals surface area contributed by atoms with Gasteiger partial charge in [0.05, 0.1) is 23.7 Å². The summed E-state index contributed by atoms with van der Waals surface area (Å²) in [5.41, 5.74) is 1.43. The standard InChI is InChI=1S/C17H24N4O/c1-6-13(8-18)16(11(3)4)12(5)15(7-2)20-17-14(10-22)9-19-21-17/h6-7,9-13,16H,1H2,2-5H3,(H2,19,20,21)/t12?,13?,16-/m0/s1. The lowest BCUT2D eigenvalue weighted by atomic mass is 9.74. The van der Waals surface area contributed by atoms with Crippen LogP contribution in [0.25, 0.3) is 0 Å². The smallest absolute Gasteiger partial charge is 0.155 e. The highest BCUT2D eigenvalue weighted by Gasteiger charge is 2.30. The Bertz CT molecular complexity index is 580. The molecule has 5 heteroatoms. The number of carbonyl (C=O) groups excluding carboxylic acids is 1.